The molecule has 11 heteroatoms. The molecule has 0 radical (unpaired) electrons. The van der Waals surface area contributed by atoms with Crippen molar-refractivity contribution in [2.24, 2.45) is 0 Å². The summed E-state index contributed by atoms with van der Waals surface area (Å²) >= 11 is 6.90. The van der Waals surface area contributed by atoms with Crippen LogP contribution in [0.4, 0.5) is 14.5 Å². The summed E-state index contributed by atoms with van der Waals surface area (Å²) in [6, 6.07) is 12.8. The number of anilines is 1. The Labute approximate surface area is 180 Å². The normalized spacial score (nSPS) is 11.3. The van der Waals surface area contributed by atoms with Gasteiger partial charge in [-0.2, -0.15) is 8.78 Å². The van der Waals surface area contributed by atoms with Crippen molar-refractivity contribution in [3.63, 3.8) is 0 Å². The Hall–Kier alpha value is -2.69. The zero-order valence-electron chi connectivity index (χ0n) is 15.0. The van der Waals surface area contributed by atoms with Crippen LogP contribution in [0, 0.1) is 0 Å². The second-order valence-electron chi connectivity index (χ2n) is 5.79. The van der Waals surface area contributed by atoms with Gasteiger partial charge in [0.2, 0.25) is 0 Å². The fourth-order valence-electron chi connectivity index (χ4n) is 2.45. The minimum atomic E-state index is -3.88. The number of alkyl halides is 2. The Bertz CT molecular complexity index is 1140. The van der Waals surface area contributed by atoms with Gasteiger partial charge in [-0.15, -0.1) is 11.3 Å². The molecular weight excluding hydrogens is 460 g/mol. The van der Waals surface area contributed by atoms with Gasteiger partial charge in [0.1, 0.15) is 16.6 Å². The summed E-state index contributed by atoms with van der Waals surface area (Å²) in [5, 5.41) is 1.85. The monoisotopic (exact) mass is 473 g/mol. The molecule has 2 aromatic carbocycles. The van der Waals surface area contributed by atoms with Gasteiger partial charge in [-0.3, -0.25) is 4.72 Å². The molecule has 6 nitrogen and oxygen atoms in total. The van der Waals surface area contributed by atoms with Crippen molar-refractivity contribution < 1.29 is 31.5 Å². The third-order valence-electron chi connectivity index (χ3n) is 3.75. The van der Waals surface area contributed by atoms with E-state index in [0.29, 0.717) is 0 Å². The average Bonchev–Trinajstić information content (AvgIpc) is 3.23. The molecule has 0 saturated carbocycles. The van der Waals surface area contributed by atoms with Crippen LogP contribution in [0.15, 0.2) is 64.2 Å². The minimum absolute atomic E-state index is 0.0195. The number of esters is 1. The zero-order chi connectivity index (χ0) is 21.7. The highest BCUT2D eigenvalue weighted by atomic mass is 35.5. The zero-order valence-corrected chi connectivity index (χ0v) is 17.4. The van der Waals surface area contributed by atoms with Crippen LogP contribution in [-0.4, -0.2) is 21.0 Å². The highest BCUT2D eigenvalue weighted by molar-refractivity contribution is 7.94. The van der Waals surface area contributed by atoms with Crippen molar-refractivity contribution in [2.75, 3.05) is 4.72 Å². The molecule has 0 amide bonds. The number of hydrogen-bond donors (Lipinski definition) is 1. The first-order chi connectivity index (χ1) is 14.3. The van der Waals surface area contributed by atoms with Gasteiger partial charge in [-0.1, -0.05) is 29.8 Å². The summed E-state index contributed by atoms with van der Waals surface area (Å²) < 4.78 is 62.0. The standard InChI is InChI=1S/C19H14ClF2NO5S2/c20-13-7-8-16(28-19(21)22)12(10-13)11-27-18(24)14-4-1-2-5-15(14)23-30(25,26)17-6-3-9-29-17/h1-10,19,23H,11H2. The lowest BCUT2D eigenvalue weighted by Crippen LogP contribution is -2.15. The Morgan fingerprint density at radius 2 is 1.90 bits per heavy atom. The van der Waals surface area contributed by atoms with Crippen molar-refractivity contribution >= 4 is 44.6 Å². The van der Waals surface area contributed by atoms with Crippen LogP contribution in [0.3, 0.4) is 0 Å². The van der Waals surface area contributed by atoms with Gasteiger partial charge in [-0.25, -0.2) is 13.2 Å². The van der Waals surface area contributed by atoms with Crippen molar-refractivity contribution in [1.29, 1.82) is 0 Å². The molecule has 0 aliphatic carbocycles. The third kappa shape index (κ3) is 5.47. The molecule has 0 saturated heterocycles. The predicted octanol–water partition coefficient (Wildman–Crippen LogP) is 5.16. The van der Waals surface area contributed by atoms with Gasteiger partial charge in [0.05, 0.1) is 11.3 Å². The number of carbonyl (C=O) groups is 1. The number of sulfonamides is 1. The van der Waals surface area contributed by atoms with Crippen molar-refractivity contribution in [2.45, 2.75) is 17.4 Å². The third-order valence-corrected chi connectivity index (χ3v) is 6.75. The Morgan fingerprint density at radius 1 is 1.13 bits per heavy atom. The number of benzene rings is 2. The lowest BCUT2D eigenvalue weighted by atomic mass is 10.2. The van der Waals surface area contributed by atoms with Crippen molar-refractivity contribution in [3.8, 4) is 5.75 Å². The van der Waals surface area contributed by atoms with Gasteiger partial charge in [-0.05, 0) is 41.8 Å². The van der Waals surface area contributed by atoms with E-state index in [4.69, 9.17) is 16.3 Å². The molecule has 0 bridgehead atoms. The first-order valence-corrected chi connectivity index (χ1v) is 11.1. The topological polar surface area (TPSA) is 81.7 Å². The molecule has 0 aliphatic heterocycles. The molecule has 0 atom stereocenters. The lowest BCUT2D eigenvalue weighted by Gasteiger charge is -2.13. The molecule has 158 valence electrons. The molecule has 1 N–H and O–H groups in total. The first-order valence-electron chi connectivity index (χ1n) is 8.32. The highest BCUT2D eigenvalue weighted by Gasteiger charge is 2.21. The van der Waals surface area contributed by atoms with Gasteiger partial charge >= 0.3 is 12.6 Å². The second kappa shape index (κ2) is 9.41. The van der Waals surface area contributed by atoms with E-state index in [1.54, 1.807) is 17.5 Å². The molecule has 30 heavy (non-hydrogen) atoms. The maximum atomic E-state index is 12.6. The van der Waals surface area contributed by atoms with E-state index >= 15 is 0 Å². The molecule has 1 aromatic heterocycles. The summed E-state index contributed by atoms with van der Waals surface area (Å²) in [6.45, 7) is -3.47. The average molecular weight is 474 g/mol. The van der Waals surface area contributed by atoms with Crippen LogP contribution in [0.5, 0.6) is 5.75 Å². The quantitative estimate of drug-likeness (QED) is 0.457. The molecule has 0 fully saturated rings. The maximum absolute atomic E-state index is 12.6. The van der Waals surface area contributed by atoms with Crippen molar-refractivity contribution in [3.05, 3.63) is 76.1 Å². The summed E-state index contributed by atoms with van der Waals surface area (Å²) in [5.41, 5.74) is 0.106. The summed E-state index contributed by atoms with van der Waals surface area (Å²) in [7, 11) is -3.88. The van der Waals surface area contributed by atoms with Crippen LogP contribution in [0.2, 0.25) is 5.02 Å². The number of halogens is 3. The van der Waals surface area contributed by atoms with Crippen LogP contribution in [-0.2, 0) is 21.4 Å². The van der Waals surface area contributed by atoms with Gasteiger partial charge in [0.25, 0.3) is 10.0 Å². The maximum Gasteiger partial charge on any atom is 0.387 e. The van der Waals surface area contributed by atoms with Gasteiger partial charge < -0.3 is 9.47 Å². The Kier molecular flexibility index (Phi) is 6.91. The number of hydrogen-bond acceptors (Lipinski definition) is 6. The van der Waals surface area contributed by atoms with E-state index in [1.165, 1.54) is 42.5 Å². The van der Waals surface area contributed by atoms with E-state index in [1.807, 2.05) is 0 Å². The van der Waals surface area contributed by atoms with E-state index in [2.05, 4.69) is 9.46 Å². The number of para-hydroxylation sites is 1. The number of thiophene rings is 1. The fourth-order valence-corrected chi connectivity index (χ4v) is 4.72. The second-order valence-corrected chi connectivity index (χ2v) is 9.08. The largest absolute Gasteiger partial charge is 0.457 e. The molecule has 3 aromatic rings. The van der Waals surface area contributed by atoms with E-state index in [-0.39, 0.29) is 31.8 Å². The lowest BCUT2D eigenvalue weighted by molar-refractivity contribution is -0.0510. The molecule has 0 aliphatic rings. The molecule has 1 heterocycles. The molecule has 3 rings (SSSR count). The van der Waals surface area contributed by atoms with Gasteiger partial charge in [0, 0.05) is 10.6 Å². The SMILES string of the molecule is O=C(OCc1cc(Cl)ccc1OC(F)F)c1ccccc1NS(=O)(=O)c1cccs1. The smallest absolute Gasteiger partial charge is 0.387 e. The molecule has 0 spiro atoms. The fraction of sp³-hybridized carbons (Fsp3) is 0.105. The summed E-state index contributed by atoms with van der Waals surface area (Å²) in [5.74, 6) is -1.05. The molecule has 0 unspecified atom stereocenters. The van der Waals surface area contributed by atoms with Gasteiger partial charge in [0.15, 0.2) is 0 Å². The Morgan fingerprint density at radius 3 is 2.60 bits per heavy atom. The predicted molar refractivity (Wildman–Crippen MR) is 109 cm³/mol. The van der Waals surface area contributed by atoms with Crippen molar-refractivity contribution in [1.82, 2.24) is 0 Å². The number of rotatable bonds is 8. The van der Waals surface area contributed by atoms with Crippen LogP contribution >= 0.6 is 22.9 Å². The molecular formula is C19H14ClF2NO5S2. The number of ether oxygens (including phenoxy) is 2. The summed E-state index contributed by atoms with van der Waals surface area (Å²) in [4.78, 5) is 12.6. The van der Waals surface area contributed by atoms with Crippen LogP contribution < -0.4 is 9.46 Å². The van der Waals surface area contributed by atoms with E-state index in [9.17, 15) is 22.0 Å². The Balaban J connectivity index is 1.78. The van der Waals surface area contributed by atoms with E-state index < -0.39 is 29.2 Å². The van der Waals surface area contributed by atoms with Crippen LogP contribution in [0.1, 0.15) is 15.9 Å². The number of nitrogens with one attached hydrogen (secondary N) is 1. The summed E-state index contributed by atoms with van der Waals surface area (Å²) in [6.07, 6.45) is 0. The van der Waals surface area contributed by atoms with E-state index in [0.717, 1.165) is 11.3 Å². The van der Waals surface area contributed by atoms with Crippen LogP contribution in [0.25, 0.3) is 0 Å². The first kappa shape index (κ1) is 22.0. The number of carbonyl (C=O) groups excluding carboxylic acids is 1. The minimum Gasteiger partial charge on any atom is -0.457 e. The highest BCUT2D eigenvalue weighted by Crippen LogP contribution is 2.27.